The maximum Gasteiger partial charge on any atom is 0.325 e. The van der Waals surface area contributed by atoms with Crippen LogP contribution in [0.3, 0.4) is 0 Å². The highest BCUT2D eigenvalue weighted by molar-refractivity contribution is 5.96. The number of ketones is 1. The molecule has 0 spiro atoms. The van der Waals surface area contributed by atoms with Gasteiger partial charge >= 0.3 is 5.69 Å². The lowest BCUT2D eigenvalue weighted by Crippen LogP contribution is -3.00. The Morgan fingerprint density at radius 1 is 1.31 bits per heavy atom. The highest BCUT2D eigenvalue weighted by Crippen LogP contribution is 1.95. The molecule has 6 nitrogen and oxygen atoms in total. The molecule has 90 valence electrons. The van der Waals surface area contributed by atoms with Gasteiger partial charge in [0.1, 0.15) is 12.1 Å². The molecule has 0 saturated heterocycles. The molecule has 0 bridgehead atoms. The van der Waals surface area contributed by atoms with E-state index in [0.717, 1.165) is 6.20 Å². The Morgan fingerprint density at radius 2 is 1.88 bits per heavy atom. The average Bonchev–Trinajstić information content (AvgIpc) is 1.99. The van der Waals surface area contributed by atoms with Crippen LogP contribution in [0.4, 0.5) is 0 Å². The van der Waals surface area contributed by atoms with Gasteiger partial charge in [0.25, 0.3) is 5.56 Å². The van der Waals surface area contributed by atoms with Gasteiger partial charge in [0.05, 0.1) is 21.1 Å². The molecule has 2 N–H and O–H groups in total. The van der Waals surface area contributed by atoms with Crippen molar-refractivity contribution < 1.29 is 26.3 Å². The summed E-state index contributed by atoms with van der Waals surface area (Å²) >= 11 is 0. The van der Waals surface area contributed by atoms with Crippen molar-refractivity contribution in [3.63, 3.8) is 0 Å². The molecule has 0 fully saturated rings. The smallest absolute Gasteiger partial charge is 0.325 e. The summed E-state index contributed by atoms with van der Waals surface area (Å²) in [6, 6.07) is 0. The van der Waals surface area contributed by atoms with E-state index in [2.05, 4.69) is 4.98 Å². The van der Waals surface area contributed by atoms with E-state index in [-0.39, 0.29) is 34.9 Å². The topological polar surface area (TPSA) is 82.8 Å². The summed E-state index contributed by atoms with van der Waals surface area (Å²) in [7, 11) is 5.54. The normalized spacial score (nSPS) is 10.7. The highest BCUT2D eigenvalue weighted by Gasteiger charge is 2.18. The first-order chi connectivity index (χ1) is 6.79. The van der Waals surface area contributed by atoms with Gasteiger partial charge in [0.2, 0.25) is 5.78 Å². The summed E-state index contributed by atoms with van der Waals surface area (Å²) in [6.45, 7) is 0.203. The third-order valence-corrected chi connectivity index (χ3v) is 1.74. The lowest BCUT2D eigenvalue weighted by atomic mass is 10.2. The van der Waals surface area contributed by atoms with Crippen LogP contribution in [0.1, 0.15) is 10.4 Å². The van der Waals surface area contributed by atoms with Crippen molar-refractivity contribution in [3.05, 3.63) is 32.6 Å². The fourth-order valence-electron chi connectivity index (χ4n) is 1.13. The van der Waals surface area contributed by atoms with Crippen LogP contribution in [0.15, 0.2) is 15.8 Å². The fraction of sp³-hybridized carbons (Fsp3) is 0.444. The summed E-state index contributed by atoms with van der Waals surface area (Å²) < 4.78 is 0.428. The van der Waals surface area contributed by atoms with Crippen LogP contribution < -0.4 is 28.2 Å². The van der Waals surface area contributed by atoms with E-state index < -0.39 is 11.2 Å². The minimum Gasteiger partial charge on any atom is -1.00 e. The molecule has 0 radical (unpaired) electrons. The summed E-state index contributed by atoms with van der Waals surface area (Å²) in [4.78, 5) is 37.9. The molecule has 0 aliphatic rings. The number of rotatable bonds is 3. The molecule has 0 saturated carbocycles. The number of H-pyrrole nitrogens is 2. The second-order valence-corrected chi connectivity index (χ2v) is 4.36. The standard InChI is InChI=1S/C9H13N3O3.BrH/c1-12(2,3)5-7(13)6-4-10-9(15)11-8(6)14;/h4H,5H2,1-3H3,(H-,10,11,13,14,15);1H. The molecule has 1 rings (SSSR count). The number of aromatic nitrogens is 2. The second kappa shape index (κ2) is 5.22. The number of aromatic amines is 2. The second-order valence-electron chi connectivity index (χ2n) is 4.36. The SMILES string of the molecule is C[N+](C)(C)CC(=O)c1c[nH]c(=O)[nH]c1=O.[Br-]. The van der Waals surface area contributed by atoms with Crippen LogP contribution in [0.5, 0.6) is 0 Å². The van der Waals surface area contributed by atoms with E-state index in [4.69, 9.17) is 0 Å². The number of carbonyl (C=O) groups is 1. The Labute approximate surface area is 103 Å². The van der Waals surface area contributed by atoms with Crippen LogP contribution in [-0.4, -0.2) is 47.9 Å². The van der Waals surface area contributed by atoms with Crippen molar-refractivity contribution in [1.82, 2.24) is 9.97 Å². The highest BCUT2D eigenvalue weighted by atomic mass is 79.9. The summed E-state index contributed by atoms with van der Waals surface area (Å²) in [6.07, 6.45) is 1.15. The Bertz CT molecular complexity index is 484. The van der Waals surface area contributed by atoms with E-state index >= 15 is 0 Å². The third-order valence-electron chi connectivity index (χ3n) is 1.74. The lowest BCUT2D eigenvalue weighted by molar-refractivity contribution is -0.861. The summed E-state index contributed by atoms with van der Waals surface area (Å²) in [5.74, 6) is -0.292. The van der Waals surface area contributed by atoms with Crippen molar-refractivity contribution in [3.8, 4) is 0 Å². The zero-order valence-electron chi connectivity index (χ0n) is 9.33. The Kier molecular flexibility index (Phi) is 4.82. The molecule has 1 heterocycles. The Hall–Kier alpha value is -1.21. The van der Waals surface area contributed by atoms with E-state index in [9.17, 15) is 14.4 Å². The number of carbonyl (C=O) groups excluding carboxylic acids is 1. The maximum absolute atomic E-state index is 11.6. The number of hydrogen-bond acceptors (Lipinski definition) is 3. The maximum atomic E-state index is 11.6. The fourth-order valence-corrected chi connectivity index (χ4v) is 1.13. The zero-order chi connectivity index (χ0) is 11.6. The Balaban J connectivity index is 0.00000225. The number of nitrogens with one attached hydrogen (secondary N) is 2. The van der Waals surface area contributed by atoms with Gasteiger partial charge in [-0.1, -0.05) is 0 Å². The van der Waals surface area contributed by atoms with Crippen LogP contribution in [0, 0.1) is 0 Å². The predicted octanol–water partition coefficient (Wildman–Crippen LogP) is -4.04. The average molecular weight is 292 g/mol. The molecule has 16 heavy (non-hydrogen) atoms. The molecule has 1 aromatic heterocycles. The van der Waals surface area contributed by atoms with Crippen LogP contribution >= 0.6 is 0 Å². The van der Waals surface area contributed by atoms with Crippen molar-refractivity contribution in [1.29, 1.82) is 0 Å². The minimum atomic E-state index is -0.641. The largest absolute Gasteiger partial charge is 1.00 e. The summed E-state index contributed by atoms with van der Waals surface area (Å²) in [5, 5.41) is 0. The van der Waals surface area contributed by atoms with Gasteiger partial charge in [-0.3, -0.25) is 14.6 Å². The lowest BCUT2D eigenvalue weighted by Gasteiger charge is -2.22. The molecular formula is C9H14BrN3O3. The first-order valence-corrected chi connectivity index (χ1v) is 4.45. The van der Waals surface area contributed by atoms with Gasteiger partial charge in [-0.2, -0.15) is 0 Å². The van der Waals surface area contributed by atoms with E-state index in [1.54, 1.807) is 0 Å². The van der Waals surface area contributed by atoms with Crippen molar-refractivity contribution in [2.75, 3.05) is 27.7 Å². The van der Waals surface area contributed by atoms with Gasteiger partial charge in [-0.15, -0.1) is 0 Å². The summed E-state index contributed by atoms with van der Waals surface area (Å²) in [5.41, 5.74) is -1.26. The van der Waals surface area contributed by atoms with E-state index in [0.29, 0.717) is 4.48 Å². The molecule has 0 amide bonds. The molecule has 0 aliphatic heterocycles. The number of quaternary nitrogens is 1. The molecule has 0 aromatic carbocycles. The third kappa shape index (κ3) is 4.11. The van der Waals surface area contributed by atoms with Gasteiger partial charge in [0, 0.05) is 6.20 Å². The van der Waals surface area contributed by atoms with Crippen LogP contribution in [-0.2, 0) is 0 Å². The minimum absolute atomic E-state index is 0. The molecule has 0 atom stereocenters. The van der Waals surface area contributed by atoms with Crippen LogP contribution in [0.25, 0.3) is 0 Å². The number of Topliss-reactive ketones (excluding diaryl/α,β-unsaturated/α-hetero) is 1. The number of halogens is 1. The first kappa shape index (κ1) is 14.8. The van der Waals surface area contributed by atoms with E-state index in [1.165, 1.54) is 0 Å². The quantitative estimate of drug-likeness (QED) is 0.439. The number of hydrogen-bond donors (Lipinski definition) is 2. The first-order valence-electron chi connectivity index (χ1n) is 4.45. The van der Waals surface area contributed by atoms with Crippen molar-refractivity contribution in [2.45, 2.75) is 0 Å². The predicted molar refractivity (Wildman–Crippen MR) is 54.9 cm³/mol. The van der Waals surface area contributed by atoms with Crippen LogP contribution in [0.2, 0.25) is 0 Å². The monoisotopic (exact) mass is 291 g/mol. The molecule has 0 aliphatic carbocycles. The van der Waals surface area contributed by atoms with Gasteiger partial charge in [-0.25, -0.2) is 4.79 Å². The van der Waals surface area contributed by atoms with Gasteiger partial charge < -0.3 is 26.4 Å². The molecule has 7 heteroatoms. The van der Waals surface area contributed by atoms with Crippen molar-refractivity contribution in [2.24, 2.45) is 0 Å². The van der Waals surface area contributed by atoms with E-state index in [1.807, 2.05) is 26.1 Å². The zero-order valence-corrected chi connectivity index (χ0v) is 10.9. The van der Waals surface area contributed by atoms with Crippen molar-refractivity contribution >= 4 is 5.78 Å². The number of likely N-dealkylation sites (N-methyl/N-ethyl adjacent to an activating group) is 1. The van der Waals surface area contributed by atoms with Gasteiger partial charge in [-0.05, 0) is 0 Å². The molecular weight excluding hydrogens is 278 g/mol. The van der Waals surface area contributed by atoms with Gasteiger partial charge in [0.15, 0.2) is 0 Å². The Morgan fingerprint density at radius 3 is 2.31 bits per heavy atom. The number of nitrogens with zero attached hydrogens (tertiary/aromatic N) is 1. The molecule has 1 aromatic rings. The molecule has 0 unspecified atom stereocenters.